The van der Waals surface area contributed by atoms with Gasteiger partial charge in [-0.2, -0.15) is 0 Å². The zero-order chi connectivity index (χ0) is 34.3. The lowest BCUT2D eigenvalue weighted by molar-refractivity contribution is -0.123. The van der Waals surface area contributed by atoms with E-state index in [-0.39, 0.29) is 12.5 Å². The lowest BCUT2D eigenvalue weighted by Crippen LogP contribution is -2.45. The van der Waals surface area contributed by atoms with Crippen molar-refractivity contribution in [2.24, 2.45) is 0 Å². The second kappa shape index (κ2) is 39.1. The van der Waals surface area contributed by atoms with Gasteiger partial charge in [-0.3, -0.25) is 4.79 Å². The Morgan fingerprint density at radius 2 is 0.830 bits per heavy atom. The van der Waals surface area contributed by atoms with E-state index in [9.17, 15) is 15.0 Å². The van der Waals surface area contributed by atoms with Crippen LogP contribution in [0, 0.1) is 0 Å². The highest BCUT2D eigenvalue weighted by Crippen LogP contribution is 2.14. The standard InChI is InChI=1S/C43H81NO3/c1-3-5-7-9-11-13-15-17-19-21-22-23-25-27-29-31-33-35-37-39-43(47)44-41(40-45)42(46)38-36-34-32-30-28-26-24-20-18-16-14-12-10-8-6-4-2/h17,19,28,30,36,38,41-42,45-46H,3-16,18,20-27,29,31-35,37,39-40H2,1-2H3,(H,44,47)/b19-17-,30-28+,38-36+. The van der Waals surface area contributed by atoms with Gasteiger partial charge in [-0.25, -0.2) is 0 Å². The topological polar surface area (TPSA) is 69.6 Å². The minimum Gasteiger partial charge on any atom is -0.394 e. The summed E-state index contributed by atoms with van der Waals surface area (Å²) in [6, 6.07) is -0.638. The van der Waals surface area contributed by atoms with Crippen LogP contribution in [0.25, 0.3) is 0 Å². The number of nitrogens with one attached hydrogen (secondary N) is 1. The van der Waals surface area contributed by atoms with Crippen molar-refractivity contribution >= 4 is 5.91 Å². The molecule has 276 valence electrons. The average Bonchev–Trinajstić information content (AvgIpc) is 3.07. The molecule has 0 spiro atoms. The first-order chi connectivity index (χ1) is 23.2. The third-order valence-electron chi connectivity index (χ3n) is 9.35. The molecule has 4 nitrogen and oxygen atoms in total. The number of carbonyl (C=O) groups is 1. The molecule has 1 amide bonds. The Bertz CT molecular complexity index is 716. The van der Waals surface area contributed by atoms with Crippen LogP contribution in [-0.4, -0.2) is 34.9 Å². The molecular weight excluding hydrogens is 578 g/mol. The largest absolute Gasteiger partial charge is 0.394 e. The molecule has 0 aliphatic carbocycles. The van der Waals surface area contributed by atoms with Crippen molar-refractivity contribution in [3.05, 3.63) is 36.5 Å². The third-order valence-corrected chi connectivity index (χ3v) is 9.35. The zero-order valence-corrected chi connectivity index (χ0v) is 31.5. The molecule has 0 heterocycles. The first-order valence-electron chi connectivity index (χ1n) is 20.7. The number of aliphatic hydroxyl groups excluding tert-OH is 2. The summed E-state index contributed by atoms with van der Waals surface area (Å²) < 4.78 is 0. The number of allylic oxidation sites excluding steroid dienone is 5. The minimum absolute atomic E-state index is 0.0765. The molecule has 0 aromatic heterocycles. The molecule has 0 fully saturated rings. The van der Waals surface area contributed by atoms with Crippen molar-refractivity contribution in [2.75, 3.05) is 6.61 Å². The van der Waals surface area contributed by atoms with Gasteiger partial charge in [0.05, 0.1) is 18.8 Å². The zero-order valence-electron chi connectivity index (χ0n) is 31.5. The van der Waals surface area contributed by atoms with Gasteiger partial charge in [0.15, 0.2) is 0 Å². The molecule has 0 radical (unpaired) electrons. The summed E-state index contributed by atoms with van der Waals surface area (Å²) in [5.41, 5.74) is 0. The highest BCUT2D eigenvalue weighted by atomic mass is 16.3. The Morgan fingerprint density at radius 3 is 1.23 bits per heavy atom. The van der Waals surface area contributed by atoms with E-state index in [1.165, 1.54) is 161 Å². The minimum atomic E-state index is -0.860. The number of aliphatic hydroxyl groups is 2. The maximum absolute atomic E-state index is 12.4. The fraction of sp³-hybridized carbons (Fsp3) is 0.837. The van der Waals surface area contributed by atoms with E-state index in [1.54, 1.807) is 6.08 Å². The van der Waals surface area contributed by atoms with Crippen molar-refractivity contribution in [2.45, 2.75) is 225 Å². The van der Waals surface area contributed by atoms with Crippen molar-refractivity contribution in [1.29, 1.82) is 0 Å². The van der Waals surface area contributed by atoms with Crippen LogP contribution in [0.3, 0.4) is 0 Å². The summed E-state index contributed by atoms with van der Waals surface area (Å²) in [6.07, 6.45) is 51.0. The maximum Gasteiger partial charge on any atom is 0.220 e. The molecule has 0 saturated carbocycles. The summed E-state index contributed by atoms with van der Waals surface area (Å²) in [6.45, 7) is 4.29. The first-order valence-corrected chi connectivity index (χ1v) is 20.7. The predicted molar refractivity (Wildman–Crippen MR) is 207 cm³/mol. The third kappa shape index (κ3) is 35.7. The molecule has 2 atom stereocenters. The van der Waals surface area contributed by atoms with Crippen LogP contribution in [-0.2, 0) is 4.79 Å². The number of amides is 1. The normalized spacial score (nSPS) is 13.4. The van der Waals surface area contributed by atoms with Gasteiger partial charge >= 0.3 is 0 Å². The van der Waals surface area contributed by atoms with Gasteiger partial charge in [-0.05, 0) is 57.8 Å². The molecule has 0 saturated heterocycles. The Labute approximate surface area is 293 Å². The average molecular weight is 660 g/mol. The van der Waals surface area contributed by atoms with Crippen molar-refractivity contribution < 1.29 is 15.0 Å². The maximum atomic E-state index is 12.4. The summed E-state index contributed by atoms with van der Waals surface area (Å²) in [7, 11) is 0. The molecule has 47 heavy (non-hydrogen) atoms. The molecule has 0 aliphatic rings. The molecule has 3 N–H and O–H groups in total. The number of hydrogen-bond donors (Lipinski definition) is 3. The second-order valence-electron chi connectivity index (χ2n) is 14.0. The van der Waals surface area contributed by atoms with Gasteiger partial charge < -0.3 is 15.5 Å². The van der Waals surface area contributed by atoms with Crippen LogP contribution >= 0.6 is 0 Å². The number of rotatable bonds is 37. The van der Waals surface area contributed by atoms with Crippen molar-refractivity contribution in [3.63, 3.8) is 0 Å². The van der Waals surface area contributed by atoms with Crippen LogP contribution < -0.4 is 5.32 Å². The Kier molecular flexibility index (Phi) is 37.9. The number of hydrogen-bond acceptors (Lipinski definition) is 3. The molecule has 0 aromatic rings. The van der Waals surface area contributed by atoms with Gasteiger partial charge in [0, 0.05) is 6.42 Å². The molecule has 0 aliphatic heterocycles. The van der Waals surface area contributed by atoms with E-state index < -0.39 is 12.1 Å². The van der Waals surface area contributed by atoms with Crippen LogP contribution in [0.4, 0.5) is 0 Å². The number of carbonyl (C=O) groups excluding carboxylic acids is 1. The fourth-order valence-electron chi connectivity index (χ4n) is 6.13. The molecule has 0 rings (SSSR count). The highest BCUT2D eigenvalue weighted by molar-refractivity contribution is 5.76. The summed E-state index contributed by atoms with van der Waals surface area (Å²) in [4.78, 5) is 12.4. The summed E-state index contributed by atoms with van der Waals surface area (Å²) in [5.74, 6) is -0.0765. The van der Waals surface area contributed by atoms with E-state index >= 15 is 0 Å². The van der Waals surface area contributed by atoms with Crippen molar-refractivity contribution in [1.82, 2.24) is 5.32 Å². The predicted octanol–water partition coefficient (Wildman–Crippen LogP) is 12.6. The smallest absolute Gasteiger partial charge is 0.220 e. The van der Waals surface area contributed by atoms with Gasteiger partial charge in [0.25, 0.3) is 0 Å². The Hall–Kier alpha value is -1.39. The molecular formula is C43H81NO3. The van der Waals surface area contributed by atoms with Gasteiger partial charge in [0.2, 0.25) is 5.91 Å². The van der Waals surface area contributed by atoms with E-state index in [4.69, 9.17) is 0 Å². The second-order valence-corrected chi connectivity index (χ2v) is 14.0. The van der Waals surface area contributed by atoms with Gasteiger partial charge in [0.1, 0.15) is 0 Å². The van der Waals surface area contributed by atoms with E-state index in [0.717, 1.165) is 32.1 Å². The van der Waals surface area contributed by atoms with E-state index in [0.29, 0.717) is 6.42 Å². The highest BCUT2D eigenvalue weighted by Gasteiger charge is 2.17. The lowest BCUT2D eigenvalue weighted by atomic mass is 10.0. The van der Waals surface area contributed by atoms with Crippen LogP contribution in [0.15, 0.2) is 36.5 Å². The summed E-state index contributed by atoms with van der Waals surface area (Å²) >= 11 is 0. The Balaban J connectivity index is 3.62. The van der Waals surface area contributed by atoms with E-state index in [1.807, 2.05) is 6.08 Å². The van der Waals surface area contributed by atoms with Gasteiger partial charge in [-0.1, -0.05) is 185 Å². The fourth-order valence-corrected chi connectivity index (χ4v) is 6.13. The lowest BCUT2D eigenvalue weighted by Gasteiger charge is -2.19. The molecule has 2 unspecified atom stereocenters. The van der Waals surface area contributed by atoms with Crippen LogP contribution in [0.5, 0.6) is 0 Å². The summed E-state index contributed by atoms with van der Waals surface area (Å²) in [5, 5.41) is 22.9. The SMILES string of the molecule is CCCCCCCC/C=C\CCCCCCCCCCCC(=O)NC(CO)C(O)/C=C/CC/C=C/CCCCCCCCCCCC. The van der Waals surface area contributed by atoms with E-state index in [2.05, 4.69) is 43.5 Å². The van der Waals surface area contributed by atoms with Crippen molar-refractivity contribution in [3.8, 4) is 0 Å². The quantitative estimate of drug-likeness (QED) is 0.0459. The first kappa shape index (κ1) is 45.6. The Morgan fingerprint density at radius 1 is 0.489 bits per heavy atom. The molecule has 0 aromatic carbocycles. The van der Waals surface area contributed by atoms with Crippen LogP contribution in [0.2, 0.25) is 0 Å². The monoisotopic (exact) mass is 660 g/mol. The van der Waals surface area contributed by atoms with Gasteiger partial charge in [-0.15, -0.1) is 0 Å². The molecule has 4 heteroatoms. The van der Waals surface area contributed by atoms with Crippen LogP contribution in [0.1, 0.15) is 213 Å². The number of unbranched alkanes of at least 4 members (excludes halogenated alkanes) is 26. The molecule has 0 bridgehead atoms.